The quantitative estimate of drug-likeness (QED) is 0.188. The second-order valence-electron chi connectivity index (χ2n) is 10.8. The molecule has 3 unspecified atom stereocenters. The fourth-order valence-corrected chi connectivity index (χ4v) is 8.61. The van der Waals surface area contributed by atoms with E-state index in [0.29, 0.717) is 21.2 Å². The summed E-state index contributed by atoms with van der Waals surface area (Å²) in [6, 6.07) is 16.9. The van der Waals surface area contributed by atoms with Crippen molar-refractivity contribution in [3.63, 3.8) is 0 Å². The average molecular weight is 698 g/mol. The van der Waals surface area contributed by atoms with Crippen LogP contribution < -0.4 is 19.8 Å². The summed E-state index contributed by atoms with van der Waals surface area (Å²) in [7, 11) is 1.46. The molecular formula is C33H26F3N3O7S2. The molecular weight excluding hydrogens is 672 g/mol. The van der Waals surface area contributed by atoms with Crippen molar-refractivity contribution in [1.82, 2.24) is 4.57 Å². The normalized spacial score (nSPS) is 18.7. The lowest BCUT2D eigenvalue weighted by Crippen LogP contribution is -2.33. The standard InChI is InChI=1S/C33H26F3N3O7S2/c1-3-46-31(43)17-11-13-20(14-12-17)39-28(41)25-24(21-9-4-5-10-22(21)45-2)27-30(47-26(25)29(39)42)38(32(44)48-27)16-23(40)37-19-8-6-7-18(15-19)33(34,35)36/h4-15,24-26H,3,16H2,1-2H3,(H,37,40). The van der Waals surface area contributed by atoms with Crippen molar-refractivity contribution in [2.45, 2.75) is 35.8 Å². The number of aromatic nitrogens is 1. The molecule has 0 bridgehead atoms. The fourth-order valence-electron chi connectivity index (χ4n) is 5.85. The van der Waals surface area contributed by atoms with Crippen molar-refractivity contribution in [1.29, 1.82) is 0 Å². The molecule has 3 amide bonds. The summed E-state index contributed by atoms with van der Waals surface area (Å²) < 4.78 is 51.5. The third-order valence-corrected chi connectivity index (χ3v) is 10.5. The van der Waals surface area contributed by atoms with Crippen LogP contribution in [0.4, 0.5) is 24.5 Å². The smallest absolute Gasteiger partial charge is 0.416 e. The Hall–Kier alpha value is -4.89. The van der Waals surface area contributed by atoms with Gasteiger partial charge in [-0.3, -0.25) is 23.7 Å². The highest BCUT2D eigenvalue weighted by Crippen LogP contribution is 2.55. The Morgan fingerprint density at radius 3 is 2.38 bits per heavy atom. The minimum atomic E-state index is -4.62. The fraction of sp³-hybridized carbons (Fsp3) is 0.242. The van der Waals surface area contributed by atoms with Gasteiger partial charge in [0.1, 0.15) is 17.5 Å². The van der Waals surface area contributed by atoms with Gasteiger partial charge in [-0.15, -0.1) is 0 Å². The molecule has 4 aromatic rings. The lowest BCUT2D eigenvalue weighted by atomic mass is 9.82. The molecule has 0 aliphatic carbocycles. The van der Waals surface area contributed by atoms with Crippen LogP contribution in [-0.2, 0) is 31.8 Å². The number of alkyl halides is 3. The Morgan fingerprint density at radius 1 is 0.958 bits per heavy atom. The zero-order valence-corrected chi connectivity index (χ0v) is 26.9. The number of ether oxygens (including phenoxy) is 2. The Morgan fingerprint density at radius 2 is 1.69 bits per heavy atom. The summed E-state index contributed by atoms with van der Waals surface area (Å²) in [5.41, 5.74) is -0.0102. The summed E-state index contributed by atoms with van der Waals surface area (Å²) in [5, 5.41) is 1.70. The van der Waals surface area contributed by atoms with Crippen LogP contribution in [0, 0.1) is 5.92 Å². The van der Waals surface area contributed by atoms with Crippen molar-refractivity contribution in [3.8, 4) is 5.75 Å². The number of methoxy groups -OCH3 is 1. The minimum Gasteiger partial charge on any atom is -0.496 e. The molecule has 1 aromatic heterocycles. The highest BCUT2D eigenvalue weighted by molar-refractivity contribution is 8.00. The highest BCUT2D eigenvalue weighted by Gasteiger charge is 2.57. The molecule has 3 atom stereocenters. The number of nitrogens with zero attached hydrogens (tertiary/aromatic N) is 2. The first-order valence-electron chi connectivity index (χ1n) is 14.6. The highest BCUT2D eigenvalue weighted by atomic mass is 32.2. The third-order valence-electron chi connectivity index (χ3n) is 7.94. The molecule has 3 aromatic carbocycles. The number of thiazole rings is 1. The Labute approximate surface area is 279 Å². The van der Waals surface area contributed by atoms with E-state index < -0.39 is 63.9 Å². The maximum atomic E-state index is 14.2. The summed E-state index contributed by atoms with van der Waals surface area (Å²) in [6.45, 7) is 1.30. The molecule has 1 N–H and O–H groups in total. The number of rotatable bonds is 8. The average Bonchev–Trinajstić information content (AvgIpc) is 3.50. The molecule has 3 heterocycles. The van der Waals surface area contributed by atoms with E-state index in [1.165, 1.54) is 42.0 Å². The van der Waals surface area contributed by atoms with Crippen LogP contribution in [0.2, 0.25) is 0 Å². The van der Waals surface area contributed by atoms with E-state index in [9.17, 15) is 37.1 Å². The van der Waals surface area contributed by atoms with Gasteiger partial charge in [-0.1, -0.05) is 47.4 Å². The number of carbonyl (C=O) groups is 4. The molecule has 0 spiro atoms. The van der Waals surface area contributed by atoms with E-state index in [1.807, 2.05) is 0 Å². The maximum absolute atomic E-state index is 14.2. The van der Waals surface area contributed by atoms with Gasteiger partial charge in [0.25, 0.3) is 0 Å². The van der Waals surface area contributed by atoms with Gasteiger partial charge >= 0.3 is 17.0 Å². The van der Waals surface area contributed by atoms with Crippen molar-refractivity contribution >= 4 is 58.2 Å². The van der Waals surface area contributed by atoms with Crippen LogP contribution in [-0.4, -0.2) is 47.2 Å². The SMILES string of the molecule is CCOC(=O)c1ccc(N2C(=O)C3Sc4c(sc(=O)n4CC(=O)Nc4cccc(C(F)(F)F)c4)C(c4ccccc4OC)C3C2=O)cc1. The lowest BCUT2D eigenvalue weighted by molar-refractivity contribution is -0.137. The van der Waals surface area contributed by atoms with Crippen LogP contribution in [0.3, 0.4) is 0 Å². The largest absolute Gasteiger partial charge is 0.496 e. The molecule has 48 heavy (non-hydrogen) atoms. The number of amides is 3. The molecule has 0 saturated carbocycles. The second kappa shape index (κ2) is 13.0. The van der Waals surface area contributed by atoms with Gasteiger partial charge in [-0.05, 0) is 55.5 Å². The van der Waals surface area contributed by atoms with Gasteiger partial charge in [0, 0.05) is 22.0 Å². The monoisotopic (exact) mass is 697 g/mol. The number of imide groups is 1. The van der Waals surface area contributed by atoms with Crippen molar-refractivity contribution in [2.75, 3.05) is 23.9 Å². The molecule has 2 aliphatic rings. The van der Waals surface area contributed by atoms with Crippen LogP contribution in [0.5, 0.6) is 5.75 Å². The van der Waals surface area contributed by atoms with E-state index in [4.69, 9.17) is 9.47 Å². The Kier molecular flexibility index (Phi) is 8.92. The number of carbonyl (C=O) groups excluding carboxylic acids is 4. The number of benzene rings is 3. The summed E-state index contributed by atoms with van der Waals surface area (Å²) in [4.78, 5) is 67.8. The van der Waals surface area contributed by atoms with E-state index in [2.05, 4.69) is 5.32 Å². The molecule has 1 fully saturated rings. The molecule has 248 valence electrons. The Balaban J connectivity index is 1.37. The molecule has 0 radical (unpaired) electrons. The number of anilines is 2. The molecule has 1 saturated heterocycles. The summed E-state index contributed by atoms with van der Waals surface area (Å²) in [5.74, 6) is -3.73. The number of fused-ring (bicyclic) bond motifs is 2. The van der Waals surface area contributed by atoms with Crippen LogP contribution in [0.1, 0.15) is 39.2 Å². The van der Waals surface area contributed by atoms with Gasteiger partial charge in [0.05, 0.1) is 41.5 Å². The van der Waals surface area contributed by atoms with Crippen LogP contribution in [0.25, 0.3) is 0 Å². The lowest BCUT2D eigenvalue weighted by Gasteiger charge is -2.31. The van der Waals surface area contributed by atoms with Crippen LogP contribution >= 0.6 is 23.1 Å². The van der Waals surface area contributed by atoms with Crippen molar-refractivity contribution in [3.05, 3.63) is 104 Å². The van der Waals surface area contributed by atoms with Crippen molar-refractivity contribution in [2.24, 2.45) is 5.92 Å². The number of para-hydroxylation sites is 1. The topological polar surface area (TPSA) is 124 Å². The second-order valence-corrected chi connectivity index (χ2v) is 12.9. The number of hydrogen-bond donors (Lipinski definition) is 1. The number of hydrogen-bond acceptors (Lipinski definition) is 9. The van der Waals surface area contributed by atoms with Gasteiger partial charge in [0.15, 0.2) is 0 Å². The van der Waals surface area contributed by atoms with Gasteiger partial charge < -0.3 is 14.8 Å². The summed E-state index contributed by atoms with van der Waals surface area (Å²) in [6.07, 6.45) is -4.62. The first-order chi connectivity index (χ1) is 22.9. The first kappa shape index (κ1) is 33.0. The summed E-state index contributed by atoms with van der Waals surface area (Å²) >= 11 is 1.80. The molecule has 2 aliphatic heterocycles. The van der Waals surface area contributed by atoms with Gasteiger partial charge in [0.2, 0.25) is 17.7 Å². The number of halogens is 3. The van der Waals surface area contributed by atoms with Gasteiger partial charge in [-0.2, -0.15) is 13.2 Å². The first-order valence-corrected chi connectivity index (χ1v) is 16.3. The zero-order valence-electron chi connectivity index (χ0n) is 25.3. The van der Waals surface area contributed by atoms with Crippen molar-refractivity contribution < 1.29 is 41.8 Å². The Bertz CT molecular complexity index is 1990. The number of thioether (sulfide) groups is 1. The minimum absolute atomic E-state index is 0.104. The van der Waals surface area contributed by atoms with E-state index in [1.54, 1.807) is 31.2 Å². The van der Waals surface area contributed by atoms with Gasteiger partial charge in [-0.25, -0.2) is 9.69 Å². The predicted molar refractivity (Wildman–Crippen MR) is 172 cm³/mol. The predicted octanol–water partition coefficient (Wildman–Crippen LogP) is 5.55. The van der Waals surface area contributed by atoms with E-state index >= 15 is 0 Å². The van der Waals surface area contributed by atoms with Crippen LogP contribution in [0.15, 0.2) is 82.6 Å². The third kappa shape index (κ3) is 5.99. The molecule has 15 heteroatoms. The maximum Gasteiger partial charge on any atom is 0.416 e. The molecule has 10 nitrogen and oxygen atoms in total. The number of nitrogens with one attached hydrogen (secondary N) is 1. The number of esters is 1. The van der Waals surface area contributed by atoms with E-state index in [-0.39, 0.29) is 23.5 Å². The van der Waals surface area contributed by atoms with E-state index in [0.717, 1.165) is 46.2 Å². The molecule has 6 rings (SSSR count). The zero-order chi connectivity index (χ0) is 34.3.